The SMILES string of the molecule is Cc1c(C(=O)Nc2ncn(C)n2)ccc(-c2nn3c(c2C(N)=O)Nc2ccccc2CC3)c1F. The van der Waals surface area contributed by atoms with Crippen molar-refractivity contribution in [3.05, 3.63) is 70.8 Å². The van der Waals surface area contributed by atoms with E-state index in [4.69, 9.17) is 5.73 Å². The van der Waals surface area contributed by atoms with Crippen molar-refractivity contribution in [2.75, 3.05) is 10.6 Å². The third-order valence-corrected chi connectivity index (χ3v) is 5.77. The van der Waals surface area contributed by atoms with E-state index in [0.29, 0.717) is 18.8 Å². The molecule has 4 N–H and O–H groups in total. The zero-order valence-corrected chi connectivity index (χ0v) is 18.5. The van der Waals surface area contributed by atoms with Crippen LogP contribution in [0.25, 0.3) is 11.3 Å². The van der Waals surface area contributed by atoms with Crippen LogP contribution in [-0.2, 0) is 20.0 Å². The van der Waals surface area contributed by atoms with Crippen LogP contribution in [0, 0.1) is 12.7 Å². The number of halogens is 1. The Labute approximate surface area is 193 Å². The van der Waals surface area contributed by atoms with Gasteiger partial charge in [0.15, 0.2) is 0 Å². The van der Waals surface area contributed by atoms with Crippen molar-refractivity contribution in [1.29, 1.82) is 0 Å². The lowest BCUT2D eigenvalue weighted by molar-refractivity contribution is 0.0998. The van der Waals surface area contributed by atoms with Crippen LogP contribution in [0.1, 0.15) is 31.8 Å². The number of rotatable bonds is 4. The Hall–Kier alpha value is -4.54. The molecule has 11 heteroatoms. The minimum Gasteiger partial charge on any atom is -0.365 e. The summed E-state index contributed by atoms with van der Waals surface area (Å²) in [5.41, 5.74) is 8.12. The number of anilines is 3. The van der Waals surface area contributed by atoms with E-state index in [9.17, 15) is 9.59 Å². The van der Waals surface area contributed by atoms with Crippen molar-refractivity contribution < 1.29 is 14.0 Å². The molecule has 0 saturated carbocycles. The largest absolute Gasteiger partial charge is 0.365 e. The number of amides is 2. The molecule has 4 aromatic rings. The van der Waals surface area contributed by atoms with E-state index in [2.05, 4.69) is 25.8 Å². The highest BCUT2D eigenvalue weighted by Crippen LogP contribution is 2.36. The van der Waals surface area contributed by atoms with Crippen LogP contribution in [0.2, 0.25) is 0 Å². The van der Waals surface area contributed by atoms with Crippen LogP contribution in [0.3, 0.4) is 0 Å². The molecule has 0 spiro atoms. The van der Waals surface area contributed by atoms with E-state index in [1.54, 1.807) is 11.7 Å². The molecule has 0 fully saturated rings. The van der Waals surface area contributed by atoms with E-state index in [1.165, 1.54) is 30.1 Å². The van der Waals surface area contributed by atoms with E-state index < -0.39 is 17.6 Å². The fraction of sp³-hybridized carbons (Fsp3) is 0.174. The van der Waals surface area contributed by atoms with Crippen LogP contribution in [0.4, 0.5) is 21.8 Å². The van der Waals surface area contributed by atoms with Gasteiger partial charge in [0.2, 0.25) is 5.95 Å². The number of benzene rings is 2. The molecule has 0 aliphatic carbocycles. The van der Waals surface area contributed by atoms with Crippen molar-refractivity contribution in [3.63, 3.8) is 0 Å². The fourth-order valence-corrected chi connectivity index (χ4v) is 4.07. The van der Waals surface area contributed by atoms with Gasteiger partial charge in [0.25, 0.3) is 11.8 Å². The summed E-state index contributed by atoms with van der Waals surface area (Å²) >= 11 is 0. The normalized spacial score (nSPS) is 12.3. The minimum absolute atomic E-state index is 0.0782. The number of primary amides is 1. The maximum absolute atomic E-state index is 15.5. The molecule has 0 bridgehead atoms. The molecule has 2 aromatic carbocycles. The molecule has 1 aliphatic heterocycles. The van der Waals surface area contributed by atoms with E-state index in [0.717, 1.165) is 11.3 Å². The first-order valence-corrected chi connectivity index (χ1v) is 10.6. The number of aryl methyl sites for hydroxylation is 3. The number of fused-ring (bicyclic) bond motifs is 2. The summed E-state index contributed by atoms with van der Waals surface area (Å²) < 4.78 is 18.6. The zero-order chi connectivity index (χ0) is 24.0. The third kappa shape index (κ3) is 3.56. The van der Waals surface area contributed by atoms with Crippen LogP contribution in [0.15, 0.2) is 42.7 Å². The Kier molecular flexibility index (Phi) is 5.08. The smallest absolute Gasteiger partial charge is 0.258 e. The first kappa shape index (κ1) is 21.3. The monoisotopic (exact) mass is 460 g/mol. The lowest BCUT2D eigenvalue weighted by Gasteiger charge is -2.11. The Morgan fingerprint density at radius 3 is 2.71 bits per heavy atom. The number of aromatic nitrogens is 5. The number of para-hydroxylation sites is 1. The molecule has 0 saturated heterocycles. The lowest BCUT2D eigenvalue weighted by Crippen LogP contribution is -2.16. The highest BCUT2D eigenvalue weighted by molar-refractivity contribution is 6.06. The van der Waals surface area contributed by atoms with Crippen molar-refractivity contribution in [3.8, 4) is 11.3 Å². The van der Waals surface area contributed by atoms with Crippen molar-refractivity contribution >= 4 is 29.3 Å². The molecule has 3 heterocycles. The summed E-state index contributed by atoms with van der Waals surface area (Å²) in [5, 5.41) is 14.3. The maximum atomic E-state index is 15.5. The molecule has 5 rings (SSSR count). The molecule has 10 nitrogen and oxygen atoms in total. The van der Waals surface area contributed by atoms with Gasteiger partial charge in [0.05, 0.1) is 0 Å². The van der Waals surface area contributed by atoms with Gasteiger partial charge < -0.3 is 11.1 Å². The maximum Gasteiger partial charge on any atom is 0.258 e. The van der Waals surface area contributed by atoms with Gasteiger partial charge in [-0.2, -0.15) is 5.10 Å². The summed E-state index contributed by atoms with van der Waals surface area (Å²) in [5.74, 6) is -1.44. The second-order valence-electron chi connectivity index (χ2n) is 7.99. The van der Waals surface area contributed by atoms with Gasteiger partial charge in [-0.3, -0.25) is 19.6 Å². The summed E-state index contributed by atoms with van der Waals surface area (Å²) in [7, 11) is 1.67. The standard InChI is InChI=1S/C23H21FN8O2/c1-12-14(22(34)28-23-26-11-31(2)30-23)7-8-15(18(12)24)19-17(20(25)33)21-27-16-6-4-3-5-13(16)9-10-32(21)29-19/h3-8,11,27H,9-10H2,1-2H3,(H2,25,33)(H,28,30,34). The summed E-state index contributed by atoms with van der Waals surface area (Å²) in [4.78, 5) is 29.1. The molecular weight excluding hydrogens is 439 g/mol. The molecular formula is C23H21FN8O2. The highest BCUT2D eigenvalue weighted by Gasteiger charge is 2.28. The number of nitrogens with one attached hydrogen (secondary N) is 2. The Morgan fingerprint density at radius 2 is 1.97 bits per heavy atom. The number of nitrogens with two attached hydrogens (primary N) is 1. The van der Waals surface area contributed by atoms with Crippen LogP contribution >= 0.6 is 0 Å². The molecule has 1 aliphatic rings. The summed E-state index contributed by atoms with van der Waals surface area (Å²) in [6.45, 7) is 1.97. The first-order chi connectivity index (χ1) is 16.3. The number of hydrogen-bond acceptors (Lipinski definition) is 6. The summed E-state index contributed by atoms with van der Waals surface area (Å²) in [6, 6.07) is 10.6. The Morgan fingerprint density at radius 1 is 1.18 bits per heavy atom. The first-order valence-electron chi connectivity index (χ1n) is 10.6. The predicted octanol–water partition coefficient (Wildman–Crippen LogP) is 2.78. The molecule has 2 aromatic heterocycles. The fourth-order valence-electron chi connectivity index (χ4n) is 4.07. The molecule has 172 valence electrons. The lowest BCUT2D eigenvalue weighted by atomic mass is 9.99. The highest BCUT2D eigenvalue weighted by atomic mass is 19.1. The van der Waals surface area contributed by atoms with Gasteiger partial charge in [0, 0.05) is 30.4 Å². The van der Waals surface area contributed by atoms with E-state index in [1.807, 2.05) is 24.3 Å². The summed E-state index contributed by atoms with van der Waals surface area (Å²) in [6.07, 6.45) is 2.12. The quantitative estimate of drug-likeness (QED) is 0.429. The molecule has 2 amide bonds. The average molecular weight is 460 g/mol. The number of nitrogens with zero attached hydrogens (tertiary/aromatic N) is 5. The van der Waals surface area contributed by atoms with Crippen LogP contribution < -0.4 is 16.4 Å². The predicted molar refractivity (Wildman–Crippen MR) is 123 cm³/mol. The van der Waals surface area contributed by atoms with E-state index >= 15 is 4.39 Å². The molecule has 0 radical (unpaired) electrons. The van der Waals surface area contributed by atoms with Crippen LogP contribution in [0.5, 0.6) is 0 Å². The molecule has 0 atom stereocenters. The Balaban J connectivity index is 1.55. The van der Waals surface area contributed by atoms with Crippen molar-refractivity contribution in [2.24, 2.45) is 12.8 Å². The number of carbonyl (C=O) groups is 2. The van der Waals surface area contributed by atoms with E-state index in [-0.39, 0.29) is 33.9 Å². The van der Waals surface area contributed by atoms with Gasteiger partial charge in [0.1, 0.15) is 29.2 Å². The minimum atomic E-state index is -0.733. The second kappa shape index (κ2) is 8.10. The second-order valence-corrected chi connectivity index (χ2v) is 7.99. The van der Waals surface area contributed by atoms with Gasteiger partial charge in [-0.15, -0.1) is 5.10 Å². The van der Waals surface area contributed by atoms with Crippen molar-refractivity contribution in [1.82, 2.24) is 24.5 Å². The van der Waals surface area contributed by atoms with Gasteiger partial charge in [-0.1, -0.05) is 18.2 Å². The molecule has 0 unspecified atom stereocenters. The van der Waals surface area contributed by atoms with Gasteiger partial charge in [-0.25, -0.2) is 14.1 Å². The Bertz CT molecular complexity index is 1460. The van der Waals surface area contributed by atoms with Gasteiger partial charge in [-0.05, 0) is 42.7 Å². The topological polar surface area (TPSA) is 133 Å². The average Bonchev–Trinajstić information content (AvgIpc) is 3.32. The van der Waals surface area contributed by atoms with Gasteiger partial charge >= 0.3 is 0 Å². The van der Waals surface area contributed by atoms with Crippen LogP contribution in [-0.4, -0.2) is 36.4 Å². The number of carbonyl (C=O) groups excluding carboxylic acids is 2. The number of hydrogen-bond donors (Lipinski definition) is 3. The molecule has 34 heavy (non-hydrogen) atoms. The van der Waals surface area contributed by atoms with Crippen molar-refractivity contribution in [2.45, 2.75) is 19.9 Å². The zero-order valence-electron chi connectivity index (χ0n) is 18.5. The third-order valence-electron chi connectivity index (χ3n) is 5.77.